The second-order valence-electron chi connectivity index (χ2n) is 13.3. The third-order valence-corrected chi connectivity index (χ3v) is 8.55. The Balaban J connectivity index is 1.63. The number of rotatable bonds is 12. The van der Waals surface area contributed by atoms with E-state index in [4.69, 9.17) is 18.9 Å². The lowest BCUT2D eigenvalue weighted by Gasteiger charge is -2.35. The summed E-state index contributed by atoms with van der Waals surface area (Å²) in [6.07, 6.45) is 4.43. The summed E-state index contributed by atoms with van der Waals surface area (Å²) in [5, 5.41) is 2.74. The van der Waals surface area contributed by atoms with Crippen LogP contribution in [0.4, 0.5) is 9.18 Å². The number of alkyl halides is 1. The number of nitrogens with one attached hydrogen (secondary N) is 1. The number of hydrogen-bond acceptors (Lipinski definition) is 9. The van der Waals surface area contributed by atoms with Crippen LogP contribution < -0.4 is 10.1 Å². The summed E-state index contributed by atoms with van der Waals surface area (Å²) in [7, 11) is 1.23. The molecule has 1 aliphatic heterocycles. The van der Waals surface area contributed by atoms with Crippen molar-refractivity contribution in [2.24, 2.45) is 5.41 Å². The van der Waals surface area contributed by atoms with Gasteiger partial charge in [-0.25, -0.2) is 23.9 Å². The molecule has 0 radical (unpaired) electrons. The summed E-state index contributed by atoms with van der Waals surface area (Å²) in [5.41, 5.74) is -3.59. The van der Waals surface area contributed by atoms with Crippen LogP contribution in [0.1, 0.15) is 59.1 Å². The SMILES string of the molecule is C=CCO[C@@H]1CCC[C@H]1OC(=O)N[C@H](C(=O)N1C[C@](C)(Oc2nc3ccccc3nc2C(F)(C=C)C=C)C[C@H]1C(=O)OC)C(C)(C)C. The number of carbonyl (C=O) groups is 3. The topological polar surface area (TPSA) is 129 Å². The van der Waals surface area contributed by atoms with Gasteiger partial charge in [0.1, 0.15) is 29.5 Å². The maximum absolute atomic E-state index is 16.0. The number of nitrogens with zero attached hydrogens (tertiary/aromatic N) is 3. The number of aromatic nitrogens is 2. The number of likely N-dealkylation sites (tertiary alicyclic amines) is 1. The Morgan fingerprint density at radius 1 is 1.11 bits per heavy atom. The smallest absolute Gasteiger partial charge is 0.408 e. The van der Waals surface area contributed by atoms with E-state index in [1.54, 1.807) is 58.0 Å². The van der Waals surface area contributed by atoms with E-state index in [-0.39, 0.29) is 30.6 Å². The number of halogens is 1. The van der Waals surface area contributed by atoms with E-state index in [0.717, 1.165) is 25.0 Å². The van der Waals surface area contributed by atoms with Gasteiger partial charge in [-0.3, -0.25) is 4.79 Å². The molecule has 2 aromatic rings. The fourth-order valence-corrected chi connectivity index (χ4v) is 6.03. The Labute approximate surface area is 275 Å². The van der Waals surface area contributed by atoms with Crippen molar-refractivity contribution in [3.05, 3.63) is 67.9 Å². The summed E-state index contributed by atoms with van der Waals surface area (Å²) in [6.45, 7) is 18.2. The number of allylic oxidation sites excluding steroid dienone is 2. The van der Waals surface area contributed by atoms with E-state index in [9.17, 15) is 14.4 Å². The fraction of sp³-hybridized carbons (Fsp3) is 0.514. The summed E-state index contributed by atoms with van der Waals surface area (Å²) >= 11 is 0. The number of carbonyl (C=O) groups excluding carboxylic acids is 3. The van der Waals surface area contributed by atoms with Gasteiger partial charge in [-0.2, -0.15) is 0 Å². The molecule has 47 heavy (non-hydrogen) atoms. The van der Waals surface area contributed by atoms with Gasteiger partial charge in [0.25, 0.3) is 0 Å². The van der Waals surface area contributed by atoms with E-state index >= 15 is 4.39 Å². The Bertz CT molecular complexity index is 1520. The molecule has 11 nitrogen and oxygen atoms in total. The van der Waals surface area contributed by atoms with Crippen LogP contribution in [0.2, 0.25) is 0 Å². The van der Waals surface area contributed by atoms with Gasteiger partial charge in [-0.1, -0.05) is 52.1 Å². The average molecular weight is 653 g/mol. The van der Waals surface area contributed by atoms with E-state index in [0.29, 0.717) is 24.1 Å². The van der Waals surface area contributed by atoms with Crippen LogP contribution in [0.5, 0.6) is 5.88 Å². The van der Waals surface area contributed by atoms with Crippen LogP contribution in [-0.4, -0.2) is 83.0 Å². The standard InChI is InChI=1S/C35H45FN4O7/c1-9-19-45-25-17-14-18-26(25)46-32(43)39-28(33(4,5)6)30(41)40-21-34(7,20-24(40)31(42)44-8)47-29-27(35(36,10-2)11-3)37-22-15-12-13-16-23(22)38-29/h9-13,15-16,24-26,28H,1-3,14,17-21H2,4-8H3,(H,39,43)/t24-,25+,26+,28+,34+/m0/s1. The molecule has 0 spiro atoms. The van der Waals surface area contributed by atoms with Crippen molar-refractivity contribution >= 4 is 29.0 Å². The molecule has 254 valence electrons. The van der Waals surface area contributed by atoms with Gasteiger partial charge in [-0.15, -0.1) is 6.58 Å². The first-order chi connectivity index (χ1) is 22.2. The van der Waals surface area contributed by atoms with Crippen LogP contribution in [0.25, 0.3) is 11.0 Å². The Hall–Kier alpha value is -4.32. The number of esters is 1. The van der Waals surface area contributed by atoms with E-state index in [2.05, 4.69) is 35.0 Å². The molecule has 0 unspecified atom stereocenters. The van der Waals surface area contributed by atoms with Crippen LogP contribution in [-0.2, 0) is 29.5 Å². The zero-order chi connectivity index (χ0) is 34.6. The van der Waals surface area contributed by atoms with E-state index in [1.165, 1.54) is 12.0 Å². The van der Waals surface area contributed by atoms with Crippen molar-refractivity contribution in [2.75, 3.05) is 20.3 Å². The van der Waals surface area contributed by atoms with Crippen LogP contribution in [0.3, 0.4) is 0 Å². The molecule has 4 rings (SSSR count). The van der Waals surface area contributed by atoms with Crippen molar-refractivity contribution in [1.82, 2.24) is 20.2 Å². The second-order valence-corrected chi connectivity index (χ2v) is 13.3. The largest absolute Gasteiger partial charge is 0.468 e. The van der Waals surface area contributed by atoms with Crippen LogP contribution in [0.15, 0.2) is 62.2 Å². The van der Waals surface area contributed by atoms with Crippen molar-refractivity contribution in [2.45, 2.75) is 88.9 Å². The Kier molecular flexibility index (Phi) is 10.7. The number of alkyl carbamates (subject to hydrolysis) is 1. The Morgan fingerprint density at radius 2 is 1.74 bits per heavy atom. The zero-order valence-electron chi connectivity index (χ0n) is 27.8. The van der Waals surface area contributed by atoms with Gasteiger partial charge >= 0.3 is 12.1 Å². The molecule has 12 heteroatoms. The van der Waals surface area contributed by atoms with Gasteiger partial charge < -0.3 is 29.2 Å². The minimum atomic E-state index is -2.28. The highest BCUT2D eigenvalue weighted by Gasteiger charge is 2.52. The fourth-order valence-electron chi connectivity index (χ4n) is 6.03. The number of hydrogen-bond donors (Lipinski definition) is 1. The van der Waals surface area contributed by atoms with Gasteiger partial charge in [0.2, 0.25) is 11.8 Å². The first-order valence-corrected chi connectivity index (χ1v) is 15.7. The molecule has 5 atom stereocenters. The first-order valence-electron chi connectivity index (χ1n) is 15.7. The molecule has 1 aliphatic carbocycles. The third-order valence-electron chi connectivity index (χ3n) is 8.55. The summed E-state index contributed by atoms with van der Waals surface area (Å²) < 4.78 is 38.9. The summed E-state index contributed by atoms with van der Waals surface area (Å²) in [6, 6.07) is 4.76. The van der Waals surface area contributed by atoms with Crippen LogP contribution in [0, 0.1) is 5.41 Å². The molecule has 1 saturated heterocycles. The average Bonchev–Trinajstić information content (AvgIpc) is 3.63. The maximum Gasteiger partial charge on any atom is 0.408 e. The van der Waals surface area contributed by atoms with Crippen molar-refractivity contribution in [3.8, 4) is 5.88 Å². The van der Waals surface area contributed by atoms with Gasteiger partial charge in [-0.05, 0) is 55.9 Å². The van der Waals surface area contributed by atoms with Crippen molar-refractivity contribution in [3.63, 3.8) is 0 Å². The molecule has 0 bridgehead atoms. The molecule has 1 N–H and O–H groups in total. The normalized spacial score (nSPS) is 23.5. The number of methoxy groups -OCH3 is 1. The lowest BCUT2D eigenvalue weighted by Crippen LogP contribution is -2.57. The number of ether oxygens (including phenoxy) is 4. The number of benzene rings is 1. The van der Waals surface area contributed by atoms with E-state index in [1.807, 2.05) is 0 Å². The highest BCUT2D eigenvalue weighted by atomic mass is 19.1. The summed E-state index contributed by atoms with van der Waals surface area (Å²) in [5.74, 6) is -1.34. The van der Waals surface area contributed by atoms with Crippen molar-refractivity contribution in [1.29, 1.82) is 0 Å². The molecule has 2 heterocycles. The molecule has 2 aliphatic rings. The predicted molar refractivity (Wildman–Crippen MR) is 174 cm³/mol. The zero-order valence-corrected chi connectivity index (χ0v) is 27.8. The number of amides is 2. The molecule has 1 aromatic carbocycles. The maximum atomic E-state index is 16.0. The summed E-state index contributed by atoms with van der Waals surface area (Å²) in [4.78, 5) is 50.9. The molecule has 1 aromatic heterocycles. The lowest BCUT2D eigenvalue weighted by molar-refractivity contribution is -0.152. The molecule has 2 fully saturated rings. The minimum absolute atomic E-state index is 0.00741. The van der Waals surface area contributed by atoms with Gasteiger partial charge in [0.05, 0.1) is 37.4 Å². The quantitative estimate of drug-likeness (QED) is 0.239. The minimum Gasteiger partial charge on any atom is -0.468 e. The molecular weight excluding hydrogens is 607 g/mol. The van der Waals surface area contributed by atoms with Crippen LogP contribution >= 0.6 is 0 Å². The first kappa shape index (κ1) is 35.5. The Morgan fingerprint density at radius 3 is 2.34 bits per heavy atom. The highest BCUT2D eigenvalue weighted by Crippen LogP contribution is 2.39. The molecule has 1 saturated carbocycles. The lowest BCUT2D eigenvalue weighted by atomic mass is 9.85. The number of fused-ring (bicyclic) bond motifs is 1. The monoisotopic (exact) mass is 652 g/mol. The van der Waals surface area contributed by atoms with E-state index < -0.39 is 52.8 Å². The van der Waals surface area contributed by atoms with Gasteiger partial charge in [0.15, 0.2) is 5.67 Å². The molecule has 2 amide bonds. The highest BCUT2D eigenvalue weighted by molar-refractivity contribution is 5.91. The van der Waals surface area contributed by atoms with Gasteiger partial charge in [0, 0.05) is 6.42 Å². The van der Waals surface area contributed by atoms with Crippen molar-refractivity contribution < 1.29 is 37.7 Å². The number of para-hydroxylation sites is 2. The predicted octanol–water partition coefficient (Wildman–Crippen LogP) is 5.34. The molecular formula is C35H45FN4O7. The third kappa shape index (κ3) is 7.81. The second kappa shape index (κ2) is 14.2.